The number of aromatic nitrogens is 3. The zero-order valence-corrected chi connectivity index (χ0v) is 8.46. The number of hydrogen-bond acceptors (Lipinski definition) is 4. The topological polar surface area (TPSA) is 68.8 Å². The van der Waals surface area contributed by atoms with Crippen molar-refractivity contribution in [2.24, 2.45) is 12.9 Å². The molecule has 1 atom stereocenters. The standard InChI is InChI=1S/C10H13N5/c1-15-7-8(6-13-15)10(14-11)9-4-2-3-5-12-9/h2-7,10,14H,11H2,1H3. The third-order valence-corrected chi connectivity index (χ3v) is 2.21. The summed E-state index contributed by atoms with van der Waals surface area (Å²) in [7, 11) is 1.87. The van der Waals surface area contributed by atoms with Gasteiger partial charge in [0.25, 0.3) is 0 Å². The summed E-state index contributed by atoms with van der Waals surface area (Å²) in [6, 6.07) is 5.63. The fraction of sp³-hybridized carbons (Fsp3) is 0.200. The number of aryl methyl sites for hydroxylation is 1. The molecule has 0 amide bonds. The Hall–Kier alpha value is -1.72. The van der Waals surface area contributed by atoms with Crippen molar-refractivity contribution in [1.82, 2.24) is 20.2 Å². The Kier molecular flexibility index (Phi) is 2.75. The third-order valence-electron chi connectivity index (χ3n) is 2.21. The van der Waals surface area contributed by atoms with Crippen LogP contribution in [0, 0.1) is 0 Å². The second-order valence-corrected chi connectivity index (χ2v) is 3.30. The average molecular weight is 203 g/mol. The van der Waals surface area contributed by atoms with Crippen LogP contribution < -0.4 is 11.3 Å². The van der Waals surface area contributed by atoms with E-state index in [1.54, 1.807) is 17.1 Å². The Morgan fingerprint density at radius 2 is 2.33 bits per heavy atom. The van der Waals surface area contributed by atoms with E-state index in [1.165, 1.54) is 0 Å². The van der Waals surface area contributed by atoms with Gasteiger partial charge in [-0.15, -0.1) is 0 Å². The quantitative estimate of drug-likeness (QED) is 0.558. The maximum atomic E-state index is 5.52. The zero-order valence-electron chi connectivity index (χ0n) is 8.46. The molecule has 0 saturated heterocycles. The third kappa shape index (κ3) is 2.03. The lowest BCUT2D eigenvalue weighted by atomic mass is 10.1. The minimum absolute atomic E-state index is 0.111. The molecule has 0 aliphatic rings. The second kappa shape index (κ2) is 4.20. The fourth-order valence-corrected chi connectivity index (χ4v) is 1.49. The molecule has 0 bridgehead atoms. The molecule has 2 aromatic rings. The van der Waals surface area contributed by atoms with Crippen molar-refractivity contribution < 1.29 is 0 Å². The van der Waals surface area contributed by atoms with Gasteiger partial charge in [0.1, 0.15) is 0 Å². The number of nitrogens with zero attached hydrogens (tertiary/aromatic N) is 3. The van der Waals surface area contributed by atoms with Gasteiger partial charge in [-0.25, -0.2) is 5.43 Å². The highest BCUT2D eigenvalue weighted by molar-refractivity contribution is 5.23. The van der Waals surface area contributed by atoms with Gasteiger partial charge in [0, 0.05) is 25.0 Å². The highest BCUT2D eigenvalue weighted by Crippen LogP contribution is 2.17. The lowest BCUT2D eigenvalue weighted by molar-refractivity contribution is 0.620. The molecule has 78 valence electrons. The maximum Gasteiger partial charge on any atom is 0.0911 e. The number of rotatable bonds is 3. The lowest BCUT2D eigenvalue weighted by Gasteiger charge is -2.12. The van der Waals surface area contributed by atoms with Crippen LogP contribution in [0.5, 0.6) is 0 Å². The summed E-state index contributed by atoms with van der Waals surface area (Å²) in [6.07, 6.45) is 5.44. The number of hydrazine groups is 1. The van der Waals surface area contributed by atoms with Crippen LogP contribution in [-0.2, 0) is 7.05 Å². The number of nitrogens with one attached hydrogen (secondary N) is 1. The van der Waals surface area contributed by atoms with E-state index in [0.29, 0.717) is 0 Å². The van der Waals surface area contributed by atoms with Crippen LogP contribution in [0.1, 0.15) is 17.3 Å². The van der Waals surface area contributed by atoms with Gasteiger partial charge in [-0.1, -0.05) is 6.07 Å². The van der Waals surface area contributed by atoms with Gasteiger partial charge >= 0.3 is 0 Å². The van der Waals surface area contributed by atoms with Crippen LogP contribution in [0.2, 0.25) is 0 Å². The highest BCUT2D eigenvalue weighted by Gasteiger charge is 2.14. The molecule has 5 heteroatoms. The first-order valence-electron chi connectivity index (χ1n) is 4.67. The van der Waals surface area contributed by atoms with Crippen LogP contribution >= 0.6 is 0 Å². The van der Waals surface area contributed by atoms with E-state index in [9.17, 15) is 0 Å². The molecule has 5 nitrogen and oxygen atoms in total. The summed E-state index contributed by atoms with van der Waals surface area (Å²) in [4.78, 5) is 4.26. The summed E-state index contributed by atoms with van der Waals surface area (Å²) in [5.74, 6) is 5.52. The van der Waals surface area contributed by atoms with E-state index in [-0.39, 0.29) is 6.04 Å². The summed E-state index contributed by atoms with van der Waals surface area (Å²) < 4.78 is 1.74. The molecule has 15 heavy (non-hydrogen) atoms. The molecule has 2 rings (SSSR count). The van der Waals surface area contributed by atoms with Gasteiger partial charge in [0.05, 0.1) is 17.9 Å². The first-order chi connectivity index (χ1) is 7.31. The summed E-state index contributed by atoms with van der Waals surface area (Å²) in [5, 5.41) is 4.10. The molecule has 0 fully saturated rings. The monoisotopic (exact) mass is 203 g/mol. The second-order valence-electron chi connectivity index (χ2n) is 3.30. The van der Waals surface area contributed by atoms with Gasteiger partial charge in [-0.2, -0.15) is 5.10 Å². The fourth-order valence-electron chi connectivity index (χ4n) is 1.49. The van der Waals surface area contributed by atoms with Crippen LogP contribution in [0.25, 0.3) is 0 Å². The van der Waals surface area contributed by atoms with E-state index >= 15 is 0 Å². The molecule has 0 aliphatic heterocycles. The minimum atomic E-state index is -0.111. The van der Waals surface area contributed by atoms with Crippen molar-refractivity contribution in [3.63, 3.8) is 0 Å². The Bertz CT molecular complexity index is 422. The maximum absolute atomic E-state index is 5.52. The smallest absolute Gasteiger partial charge is 0.0911 e. The van der Waals surface area contributed by atoms with Crippen molar-refractivity contribution in [2.45, 2.75) is 6.04 Å². The van der Waals surface area contributed by atoms with Crippen molar-refractivity contribution >= 4 is 0 Å². The molecule has 0 aromatic carbocycles. The first kappa shape index (κ1) is 9.82. The van der Waals surface area contributed by atoms with Crippen molar-refractivity contribution in [2.75, 3.05) is 0 Å². The first-order valence-corrected chi connectivity index (χ1v) is 4.67. The zero-order chi connectivity index (χ0) is 10.7. The number of hydrogen-bond donors (Lipinski definition) is 2. The molecule has 1 unspecified atom stereocenters. The van der Waals surface area contributed by atoms with Gasteiger partial charge in [0.2, 0.25) is 0 Å². The van der Waals surface area contributed by atoms with Gasteiger partial charge in [-0.05, 0) is 12.1 Å². The van der Waals surface area contributed by atoms with E-state index < -0.39 is 0 Å². The Labute approximate surface area is 87.9 Å². The summed E-state index contributed by atoms with van der Waals surface area (Å²) >= 11 is 0. The van der Waals surface area contributed by atoms with E-state index in [4.69, 9.17) is 5.84 Å². The lowest BCUT2D eigenvalue weighted by Crippen LogP contribution is -2.29. The SMILES string of the molecule is Cn1cc(C(NN)c2ccccn2)cn1. The molecule has 0 spiro atoms. The molecular weight excluding hydrogens is 190 g/mol. The predicted octanol–water partition coefficient (Wildman–Crippen LogP) is 0.368. The molecule has 0 radical (unpaired) electrons. The Morgan fingerprint density at radius 1 is 1.47 bits per heavy atom. The largest absolute Gasteiger partial charge is 0.275 e. The minimum Gasteiger partial charge on any atom is -0.275 e. The molecule has 3 N–H and O–H groups in total. The highest BCUT2D eigenvalue weighted by atomic mass is 15.3. The molecule has 2 heterocycles. The average Bonchev–Trinajstić information content (AvgIpc) is 2.68. The number of pyridine rings is 1. The predicted molar refractivity (Wildman–Crippen MR) is 56.6 cm³/mol. The van der Waals surface area contributed by atoms with Crippen LogP contribution in [0.3, 0.4) is 0 Å². The normalized spacial score (nSPS) is 12.7. The van der Waals surface area contributed by atoms with Gasteiger partial charge < -0.3 is 0 Å². The summed E-state index contributed by atoms with van der Waals surface area (Å²) in [6.45, 7) is 0. The van der Waals surface area contributed by atoms with Crippen molar-refractivity contribution in [3.8, 4) is 0 Å². The van der Waals surface area contributed by atoms with Crippen LogP contribution in [0.15, 0.2) is 36.8 Å². The van der Waals surface area contributed by atoms with Crippen molar-refractivity contribution in [1.29, 1.82) is 0 Å². The Morgan fingerprint density at radius 3 is 2.87 bits per heavy atom. The van der Waals surface area contributed by atoms with Crippen molar-refractivity contribution in [3.05, 3.63) is 48.0 Å². The van der Waals surface area contributed by atoms with E-state index in [1.807, 2.05) is 31.4 Å². The van der Waals surface area contributed by atoms with Crippen LogP contribution in [0.4, 0.5) is 0 Å². The summed E-state index contributed by atoms with van der Waals surface area (Å²) in [5.41, 5.74) is 4.61. The number of nitrogens with two attached hydrogens (primary N) is 1. The molecule has 0 saturated carbocycles. The van der Waals surface area contributed by atoms with Gasteiger partial charge in [0.15, 0.2) is 0 Å². The molecule has 0 aliphatic carbocycles. The molecular formula is C10H13N5. The van der Waals surface area contributed by atoms with Gasteiger partial charge in [-0.3, -0.25) is 15.5 Å². The molecule has 2 aromatic heterocycles. The van der Waals surface area contributed by atoms with E-state index in [2.05, 4.69) is 15.5 Å². The Balaban J connectivity index is 2.33. The van der Waals surface area contributed by atoms with E-state index in [0.717, 1.165) is 11.3 Å². The van der Waals surface area contributed by atoms with Crippen LogP contribution in [-0.4, -0.2) is 14.8 Å².